The summed E-state index contributed by atoms with van der Waals surface area (Å²) in [5.41, 5.74) is 4.06. The van der Waals surface area contributed by atoms with Gasteiger partial charge in [-0.3, -0.25) is 9.97 Å². The van der Waals surface area contributed by atoms with Crippen molar-refractivity contribution in [2.45, 2.75) is 12.8 Å². The predicted octanol–water partition coefficient (Wildman–Crippen LogP) is 4.67. The van der Waals surface area contributed by atoms with E-state index in [1.165, 1.54) is 0 Å². The number of rotatable bonds is 3. The van der Waals surface area contributed by atoms with E-state index in [1.54, 1.807) is 0 Å². The van der Waals surface area contributed by atoms with E-state index in [1.807, 2.05) is 24.3 Å². The summed E-state index contributed by atoms with van der Waals surface area (Å²) in [6.07, 6.45) is 10.0. The van der Waals surface area contributed by atoms with Gasteiger partial charge in [0.05, 0.1) is 11.3 Å². The Morgan fingerprint density at radius 3 is 1.66 bits per heavy atom. The largest absolute Gasteiger partial charge is 2.00 e. The van der Waals surface area contributed by atoms with Crippen LogP contribution in [0, 0.1) is 12.1 Å². The summed E-state index contributed by atoms with van der Waals surface area (Å²) >= 11 is 0. The molecule has 0 aliphatic carbocycles. The first-order valence-electron chi connectivity index (χ1n) is 9.39. The third kappa shape index (κ3) is 3.04. The monoisotopic (exact) mass is 555 g/mol. The fourth-order valence-corrected chi connectivity index (χ4v) is 3.87. The minimum atomic E-state index is 0. The fourth-order valence-electron chi connectivity index (χ4n) is 3.87. The topological polar surface area (TPSA) is 34.6 Å². The van der Waals surface area contributed by atoms with Gasteiger partial charge in [-0.25, -0.2) is 0 Å². The average Bonchev–Trinajstić information content (AvgIpc) is 3.36. The van der Waals surface area contributed by atoms with Crippen molar-refractivity contribution in [1.29, 1.82) is 0 Å². The van der Waals surface area contributed by atoms with Gasteiger partial charge in [0.15, 0.2) is 0 Å². The second kappa shape index (κ2) is 7.13. The molecular formula is C24H16N4Pt. The molecule has 2 aromatic carbocycles. The first-order chi connectivity index (χ1) is 13.8. The zero-order valence-corrected chi connectivity index (χ0v) is 17.7. The van der Waals surface area contributed by atoms with Gasteiger partial charge in [0, 0.05) is 23.8 Å². The van der Waals surface area contributed by atoms with E-state index in [-0.39, 0.29) is 21.1 Å². The number of fused-ring (bicyclic) bond motifs is 6. The standard InChI is InChI=1S/C24H16N4.Pt/c1-3-7-21-17(5-1)11-13-27-15-19(25-23(21)27)9-10-20-16-28-14-12-18-6-2-4-8-22(18)24(28)26-20;/h1-6,11-16H,9-10H2;/q-2;+2. The molecule has 0 spiro atoms. The quantitative estimate of drug-likeness (QED) is 0.298. The molecule has 5 heteroatoms. The van der Waals surface area contributed by atoms with Crippen LogP contribution >= 0.6 is 0 Å². The molecular weight excluding hydrogens is 539 g/mol. The SMILES string of the molecule is [Pt+2].[c-]1cccc2ccn3cc(CCc4cn5ccc6ccc[c-]c6c5n4)nc3c12. The summed E-state index contributed by atoms with van der Waals surface area (Å²) in [4.78, 5) is 9.70. The van der Waals surface area contributed by atoms with Crippen molar-refractivity contribution < 1.29 is 21.1 Å². The van der Waals surface area contributed by atoms with E-state index in [0.717, 1.165) is 57.1 Å². The molecule has 0 aliphatic rings. The molecule has 0 amide bonds. The van der Waals surface area contributed by atoms with Crippen molar-refractivity contribution in [3.05, 3.63) is 96.8 Å². The second-order valence-corrected chi connectivity index (χ2v) is 7.06. The van der Waals surface area contributed by atoms with Gasteiger partial charge in [0.1, 0.15) is 0 Å². The minimum absolute atomic E-state index is 0. The van der Waals surface area contributed by atoms with Crippen molar-refractivity contribution >= 4 is 32.8 Å². The van der Waals surface area contributed by atoms with Gasteiger partial charge < -0.3 is 8.80 Å². The Balaban J connectivity index is 0.00000181. The molecule has 0 aliphatic heterocycles. The van der Waals surface area contributed by atoms with Gasteiger partial charge in [-0.1, -0.05) is 12.1 Å². The number of aryl methyl sites for hydroxylation is 2. The maximum Gasteiger partial charge on any atom is 2.00 e. The van der Waals surface area contributed by atoms with Gasteiger partial charge in [-0.15, -0.1) is 70.1 Å². The number of imidazole rings is 2. The Labute approximate surface area is 182 Å². The van der Waals surface area contributed by atoms with Crippen LogP contribution in [0.5, 0.6) is 0 Å². The third-order valence-corrected chi connectivity index (χ3v) is 5.25. The Morgan fingerprint density at radius 1 is 0.690 bits per heavy atom. The van der Waals surface area contributed by atoms with Crippen LogP contribution < -0.4 is 0 Å². The fraction of sp³-hybridized carbons (Fsp3) is 0.0833. The molecule has 0 saturated heterocycles. The molecule has 4 aromatic heterocycles. The van der Waals surface area contributed by atoms with Gasteiger partial charge in [0.25, 0.3) is 0 Å². The molecule has 0 N–H and O–H groups in total. The van der Waals surface area contributed by atoms with Crippen LogP contribution in [0.2, 0.25) is 0 Å². The summed E-state index contributed by atoms with van der Waals surface area (Å²) in [6.45, 7) is 0. The molecule has 0 fully saturated rings. The normalized spacial score (nSPS) is 11.4. The second-order valence-electron chi connectivity index (χ2n) is 7.06. The zero-order valence-electron chi connectivity index (χ0n) is 15.4. The Morgan fingerprint density at radius 2 is 1.17 bits per heavy atom. The van der Waals surface area contributed by atoms with Crippen LogP contribution in [-0.2, 0) is 33.9 Å². The molecule has 0 saturated carbocycles. The van der Waals surface area contributed by atoms with Crippen molar-refractivity contribution in [3.63, 3.8) is 0 Å². The molecule has 6 rings (SSSR count). The number of hydrogen-bond donors (Lipinski definition) is 0. The summed E-state index contributed by atoms with van der Waals surface area (Å²) in [5.74, 6) is 0. The Hall–Kier alpha value is -2.97. The molecule has 6 aromatic rings. The van der Waals surface area contributed by atoms with Crippen molar-refractivity contribution in [3.8, 4) is 0 Å². The number of nitrogens with zero attached hydrogens (tertiary/aromatic N) is 4. The molecule has 29 heavy (non-hydrogen) atoms. The molecule has 4 heterocycles. The van der Waals surface area contributed by atoms with Crippen LogP contribution in [-0.4, -0.2) is 18.8 Å². The average molecular weight is 555 g/mol. The van der Waals surface area contributed by atoms with Gasteiger partial charge in [0.2, 0.25) is 0 Å². The number of hydrogen-bond acceptors (Lipinski definition) is 2. The van der Waals surface area contributed by atoms with Gasteiger partial charge >= 0.3 is 21.1 Å². The molecule has 0 bridgehead atoms. The summed E-state index contributed by atoms with van der Waals surface area (Å²) < 4.78 is 4.17. The Bertz CT molecular complexity index is 1360. The maximum absolute atomic E-state index is 4.85. The van der Waals surface area contributed by atoms with Gasteiger partial charge in [-0.2, -0.15) is 0 Å². The van der Waals surface area contributed by atoms with E-state index < -0.39 is 0 Å². The van der Waals surface area contributed by atoms with Crippen LogP contribution in [0.15, 0.2) is 73.3 Å². The number of pyridine rings is 2. The van der Waals surface area contributed by atoms with Crippen LogP contribution in [0.3, 0.4) is 0 Å². The first-order valence-corrected chi connectivity index (χ1v) is 9.39. The molecule has 0 atom stereocenters. The minimum Gasteiger partial charge on any atom is -0.347 e. The number of aromatic nitrogens is 4. The van der Waals surface area contributed by atoms with E-state index in [2.05, 4.69) is 70.0 Å². The summed E-state index contributed by atoms with van der Waals surface area (Å²) in [7, 11) is 0. The van der Waals surface area contributed by atoms with Crippen molar-refractivity contribution in [1.82, 2.24) is 18.8 Å². The molecule has 142 valence electrons. The third-order valence-electron chi connectivity index (χ3n) is 5.25. The molecule has 0 radical (unpaired) electrons. The summed E-state index contributed by atoms with van der Waals surface area (Å²) in [5, 5.41) is 4.45. The predicted molar refractivity (Wildman–Crippen MR) is 110 cm³/mol. The molecule has 4 nitrogen and oxygen atoms in total. The van der Waals surface area contributed by atoms with E-state index in [9.17, 15) is 0 Å². The number of benzene rings is 2. The Kier molecular flexibility index (Phi) is 4.44. The molecule has 0 unspecified atom stereocenters. The van der Waals surface area contributed by atoms with E-state index in [0.29, 0.717) is 0 Å². The van der Waals surface area contributed by atoms with Crippen molar-refractivity contribution in [2.75, 3.05) is 0 Å². The van der Waals surface area contributed by atoms with Crippen molar-refractivity contribution in [2.24, 2.45) is 0 Å². The van der Waals surface area contributed by atoms with Gasteiger partial charge in [-0.05, 0) is 25.2 Å². The van der Waals surface area contributed by atoms with Crippen LogP contribution in [0.25, 0.3) is 32.8 Å². The van der Waals surface area contributed by atoms with Crippen LogP contribution in [0.1, 0.15) is 11.4 Å². The summed E-state index contributed by atoms with van der Waals surface area (Å²) in [6, 6.07) is 22.9. The van der Waals surface area contributed by atoms with E-state index in [4.69, 9.17) is 9.97 Å². The smallest absolute Gasteiger partial charge is 0.347 e. The van der Waals surface area contributed by atoms with Crippen LogP contribution in [0.4, 0.5) is 0 Å². The maximum atomic E-state index is 4.85. The van der Waals surface area contributed by atoms with E-state index >= 15 is 0 Å². The first kappa shape index (κ1) is 18.1. The zero-order chi connectivity index (χ0) is 18.5.